The van der Waals surface area contributed by atoms with Gasteiger partial charge in [-0.2, -0.15) is 0 Å². The fraction of sp³-hybridized carbons (Fsp3) is 0.723. The molecule has 4 heterocycles. The third-order valence-corrected chi connectivity index (χ3v) is 19.1. The molecule has 4 aliphatic heterocycles. The fourth-order valence-electron chi connectivity index (χ4n) is 10.1. The summed E-state index contributed by atoms with van der Waals surface area (Å²) in [5, 5.41) is 0. The molecule has 4 aliphatic rings. The lowest BCUT2D eigenvalue weighted by molar-refractivity contribution is -0.322. The van der Waals surface area contributed by atoms with Crippen LogP contribution in [0.4, 0.5) is 0 Å². The van der Waals surface area contributed by atoms with Crippen LogP contribution in [-0.4, -0.2) is 88.0 Å². The van der Waals surface area contributed by atoms with E-state index in [2.05, 4.69) is 72.7 Å². The molecule has 57 heavy (non-hydrogen) atoms. The Morgan fingerprint density at radius 2 is 1.40 bits per heavy atom. The molecule has 9 nitrogen and oxygen atoms in total. The average molecular weight is 809 g/mol. The van der Waals surface area contributed by atoms with Gasteiger partial charge in [0.05, 0.1) is 73.6 Å². The number of carbonyl (C=O) groups is 1. The van der Waals surface area contributed by atoms with E-state index >= 15 is 0 Å². The zero-order valence-electron chi connectivity index (χ0n) is 36.4. The number of ether oxygens (including phenoxy) is 7. The zero-order chi connectivity index (χ0) is 41.0. The lowest BCUT2D eigenvalue weighted by atomic mass is 9.79. The molecule has 0 bridgehead atoms. The summed E-state index contributed by atoms with van der Waals surface area (Å²) in [6, 6.07) is 20.6. The molecule has 0 amide bonds. The van der Waals surface area contributed by atoms with Gasteiger partial charge in [-0.3, -0.25) is 4.79 Å². The Hall–Kier alpha value is -2.15. The maximum absolute atomic E-state index is 13.2. The first-order valence-corrected chi connectivity index (χ1v) is 24.0. The van der Waals surface area contributed by atoms with Crippen molar-refractivity contribution in [1.82, 2.24) is 0 Å². The molecule has 0 aliphatic carbocycles. The Labute approximate surface area is 344 Å². The van der Waals surface area contributed by atoms with Crippen molar-refractivity contribution in [2.24, 2.45) is 5.41 Å². The van der Waals surface area contributed by atoms with E-state index in [1.54, 1.807) is 0 Å². The van der Waals surface area contributed by atoms with Crippen LogP contribution >= 0.6 is 0 Å². The highest BCUT2D eigenvalue weighted by Gasteiger charge is 2.57. The highest BCUT2D eigenvalue weighted by atomic mass is 28.4. The van der Waals surface area contributed by atoms with Crippen LogP contribution in [0.3, 0.4) is 0 Å². The van der Waals surface area contributed by atoms with Crippen LogP contribution in [0.15, 0.2) is 60.7 Å². The molecular formula is C47H72O9Si. The second-order valence-electron chi connectivity index (χ2n) is 19.3. The Balaban J connectivity index is 1.21. The number of hydrogen-bond acceptors (Lipinski definition) is 9. The quantitative estimate of drug-likeness (QED) is 0.137. The van der Waals surface area contributed by atoms with Crippen LogP contribution in [0.2, 0.25) is 16.6 Å². The third-order valence-electron chi connectivity index (χ3n) is 13.0. The molecule has 2 aromatic carbocycles. The molecule has 6 rings (SSSR count). The zero-order valence-corrected chi connectivity index (χ0v) is 37.4. The second-order valence-corrected chi connectivity index (χ2v) is 24.7. The molecule has 0 unspecified atom stereocenters. The van der Waals surface area contributed by atoms with Crippen molar-refractivity contribution in [1.29, 1.82) is 0 Å². The normalized spacial score (nSPS) is 32.3. The number of esters is 1. The van der Waals surface area contributed by atoms with Gasteiger partial charge in [0.1, 0.15) is 18.8 Å². The van der Waals surface area contributed by atoms with Crippen LogP contribution in [0, 0.1) is 5.41 Å². The summed E-state index contributed by atoms with van der Waals surface area (Å²) in [5.41, 5.74) is 2.19. The molecule has 10 atom stereocenters. The lowest BCUT2D eigenvalue weighted by Crippen LogP contribution is -2.66. The third kappa shape index (κ3) is 10.6. The molecular weight excluding hydrogens is 737 g/mol. The van der Waals surface area contributed by atoms with E-state index in [1.165, 1.54) is 0 Å². The Morgan fingerprint density at radius 3 is 2.02 bits per heavy atom. The van der Waals surface area contributed by atoms with Crippen LogP contribution in [0.25, 0.3) is 0 Å². The summed E-state index contributed by atoms with van der Waals surface area (Å²) in [4.78, 5) is 13.2. The van der Waals surface area contributed by atoms with Gasteiger partial charge in [-0.25, -0.2) is 0 Å². The summed E-state index contributed by atoms with van der Waals surface area (Å²) in [6.07, 6.45) is 2.73. The van der Waals surface area contributed by atoms with Crippen LogP contribution < -0.4 is 0 Å². The number of fused-ring (bicyclic) bond motifs is 3. The molecule has 4 fully saturated rings. The summed E-state index contributed by atoms with van der Waals surface area (Å²) >= 11 is 0. The van der Waals surface area contributed by atoms with Gasteiger partial charge in [-0.1, -0.05) is 102 Å². The first-order chi connectivity index (χ1) is 27.1. The highest BCUT2D eigenvalue weighted by molar-refractivity contribution is 6.77. The standard InChI is InChI=1S/C47H72O9Si/c1-31(2)57(32(3)4,33(5)6)56-37-22-17-23-43-47(10,55-42(37)30-51-45(48)46(7,8)9)26-41-38(53-43)25-40-44(54-41)39(50-28-35-20-15-12-16-21-35)24-36(52-40)29-49-27-34-18-13-11-14-19-34/h11-16,18-21,31-33,36-44H,17,22-30H2,1-10H3/t36-,37+,38-,39-,40+,41+,42+,43+,44-,47-/m0/s1. The van der Waals surface area contributed by atoms with E-state index in [4.69, 9.17) is 37.6 Å². The molecule has 0 radical (unpaired) electrons. The monoisotopic (exact) mass is 808 g/mol. The molecule has 0 N–H and O–H groups in total. The Bertz CT molecular complexity index is 1530. The average Bonchev–Trinajstić information content (AvgIpc) is 3.15. The summed E-state index contributed by atoms with van der Waals surface area (Å²) in [5.74, 6) is -0.238. The van der Waals surface area contributed by atoms with Gasteiger partial charge < -0.3 is 37.6 Å². The first-order valence-electron chi connectivity index (χ1n) is 21.9. The first kappa shape index (κ1) is 44.4. The number of rotatable bonds is 14. The van der Waals surface area contributed by atoms with Gasteiger partial charge in [0.25, 0.3) is 0 Å². The minimum absolute atomic E-state index is 0.124. The van der Waals surface area contributed by atoms with Crippen LogP contribution in [0.5, 0.6) is 0 Å². The van der Waals surface area contributed by atoms with Gasteiger partial charge >= 0.3 is 5.97 Å². The molecule has 2 aromatic rings. The summed E-state index contributed by atoms with van der Waals surface area (Å²) < 4.78 is 54.7. The van der Waals surface area contributed by atoms with Crippen LogP contribution in [0.1, 0.15) is 119 Å². The molecule has 10 heteroatoms. The van der Waals surface area contributed by atoms with Gasteiger partial charge in [0.15, 0.2) is 0 Å². The number of benzene rings is 2. The number of carbonyl (C=O) groups excluding carboxylic acids is 1. The minimum atomic E-state index is -2.29. The summed E-state index contributed by atoms with van der Waals surface area (Å²) in [7, 11) is -2.29. The molecule has 4 saturated heterocycles. The maximum Gasteiger partial charge on any atom is 0.311 e. The van der Waals surface area contributed by atoms with Gasteiger partial charge in [0, 0.05) is 19.3 Å². The highest BCUT2D eigenvalue weighted by Crippen LogP contribution is 2.48. The van der Waals surface area contributed by atoms with Crippen molar-refractivity contribution in [3.8, 4) is 0 Å². The maximum atomic E-state index is 13.2. The lowest BCUT2D eigenvalue weighted by Gasteiger charge is -2.56. The molecule has 318 valence electrons. The van der Waals surface area contributed by atoms with E-state index < -0.39 is 25.4 Å². The number of hydrogen-bond donors (Lipinski definition) is 0. The van der Waals surface area contributed by atoms with Gasteiger partial charge in [0.2, 0.25) is 8.32 Å². The topological polar surface area (TPSA) is 90.9 Å². The SMILES string of the molecule is CC(C)[Si](O[C@@H]1CCC[C@H]2O[C@H]3C[C@H]4O[C@H](COCc5ccccc5)C[C@H](OCc5ccccc5)[C@@H]4O[C@@H]3C[C@]2(C)O[C@@H]1COC(=O)C(C)(C)C)(C(C)C)C(C)C. The second kappa shape index (κ2) is 19.1. The van der Waals surface area contributed by atoms with Crippen molar-refractivity contribution < 1.29 is 42.4 Å². The molecule has 0 spiro atoms. The minimum Gasteiger partial charge on any atom is -0.462 e. The van der Waals surface area contributed by atoms with E-state index in [-0.39, 0.29) is 61.4 Å². The van der Waals surface area contributed by atoms with Crippen molar-refractivity contribution in [2.45, 2.75) is 198 Å². The summed E-state index contributed by atoms with van der Waals surface area (Å²) in [6.45, 7) is 23.4. The van der Waals surface area contributed by atoms with E-state index in [9.17, 15) is 4.79 Å². The van der Waals surface area contributed by atoms with E-state index in [1.807, 2.05) is 57.2 Å². The Morgan fingerprint density at radius 1 is 0.772 bits per heavy atom. The molecule has 0 saturated carbocycles. The van der Waals surface area contributed by atoms with E-state index in [0.717, 1.165) is 30.4 Å². The fourth-order valence-corrected chi connectivity index (χ4v) is 15.7. The predicted molar refractivity (Wildman–Crippen MR) is 224 cm³/mol. The van der Waals surface area contributed by atoms with E-state index in [0.29, 0.717) is 55.7 Å². The molecule has 0 aromatic heterocycles. The predicted octanol–water partition coefficient (Wildman–Crippen LogP) is 9.74. The smallest absolute Gasteiger partial charge is 0.311 e. The van der Waals surface area contributed by atoms with Gasteiger partial charge in [-0.15, -0.1) is 0 Å². The Kier molecular flexibility index (Phi) is 14.8. The van der Waals surface area contributed by atoms with Crippen molar-refractivity contribution in [2.75, 3.05) is 13.2 Å². The van der Waals surface area contributed by atoms with Crippen molar-refractivity contribution >= 4 is 14.3 Å². The van der Waals surface area contributed by atoms with Crippen LogP contribution in [-0.2, 0) is 55.6 Å². The van der Waals surface area contributed by atoms with Crippen molar-refractivity contribution in [3.05, 3.63) is 71.8 Å². The van der Waals surface area contributed by atoms with Gasteiger partial charge in [-0.05, 0) is 74.7 Å². The van der Waals surface area contributed by atoms with Crippen molar-refractivity contribution in [3.63, 3.8) is 0 Å². The largest absolute Gasteiger partial charge is 0.462 e.